The number of hydrogen-bond donors (Lipinski definition) is 1. The second-order valence-electron chi connectivity index (χ2n) is 8.16. The van der Waals surface area contributed by atoms with Gasteiger partial charge >= 0.3 is 6.18 Å². The van der Waals surface area contributed by atoms with Gasteiger partial charge in [0, 0.05) is 40.9 Å². The number of aromatic nitrogens is 1. The van der Waals surface area contributed by atoms with Crippen LogP contribution in [-0.2, 0) is 23.2 Å². The minimum absolute atomic E-state index is 0.136. The van der Waals surface area contributed by atoms with Crippen LogP contribution in [-0.4, -0.2) is 13.0 Å². The second-order valence-corrected chi connectivity index (χ2v) is 9.79. The average molecular weight is 515 g/mol. The molecule has 4 aromatic rings. The van der Waals surface area contributed by atoms with Gasteiger partial charge in [0.15, 0.2) is 0 Å². The number of aryl methyl sites for hydroxylation is 2. The molecule has 0 saturated heterocycles. The molecule has 0 amide bonds. The van der Waals surface area contributed by atoms with Crippen molar-refractivity contribution in [2.45, 2.75) is 13.1 Å². The van der Waals surface area contributed by atoms with Crippen LogP contribution in [0.3, 0.4) is 0 Å². The first kappa shape index (κ1) is 25.1. The third kappa shape index (κ3) is 5.13. The number of alkyl halides is 3. The lowest BCUT2D eigenvalue weighted by atomic mass is 9.97. The van der Waals surface area contributed by atoms with Gasteiger partial charge in [-0.15, -0.1) is 0 Å². The molecule has 0 aliphatic rings. The van der Waals surface area contributed by atoms with E-state index in [9.17, 15) is 26.4 Å². The van der Waals surface area contributed by atoms with Gasteiger partial charge in [-0.3, -0.25) is 9.52 Å². The normalized spacial score (nSPS) is 11.9. The molecule has 0 atom stereocenters. The van der Waals surface area contributed by atoms with Crippen LogP contribution < -0.4 is 15.0 Å². The van der Waals surface area contributed by atoms with Crippen molar-refractivity contribution in [2.75, 3.05) is 4.72 Å². The molecule has 1 aromatic heterocycles. The molecule has 36 heavy (non-hydrogen) atoms. The lowest BCUT2D eigenvalue weighted by molar-refractivity contribution is -0.137. The summed E-state index contributed by atoms with van der Waals surface area (Å²) in [5, 5.41) is 0.872. The topological polar surface area (TPSA) is 77.4 Å². The smallest absolute Gasteiger partial charge is 0.416 e. The summed E-state index contributed by atoms with van der Waals surface area (Å²) in [6.45, 7) is 5.16. The Bertz CT molecular complexity index is 1660. The molecule has 6 nitrogen and oxygen atoms in total. The Balaban J connectivity index is 1.99. The number of sulfonamides is 1. The van der Waals surface area contributed by atoms with E-state index < -0.39 is 27.3 Å². The maximum Gasteiger partial charge on any atom is 0.416 e. The predicted octanol–water partition coefficient (Wildman–Crippen LogP) is 6.21. The fourth-order valence-electron chi connectivity index (χ4n) is 3.76. The monoisotopic (exact) mass is 514 g/mol. The van der Waals surface area contributed by atoms with Crippen molar-refractivity contribution < 1.29 is 26.3 Å². The summed E-state index contributed by atoms with van der Waals surface area (Å²) in [7, 11) is -2.41. The number of halogens is 3. The van der Waals surface area contributed by atoms with E-state index in [2.05, 4.69) is 11.3 Å². The zero-order valence-electron chi connectivity index (χ0n) is 19.3. The lowest BCUT2D eigenvalue weighted by Gasteiger charge is -2.17. The molecule has 0 aliphatic carbocycles. The van der Waals surface area contributed by atoms with E-state index in [0.717, 1.165) is 23.1 Å². The summed E-state index contributed by atoms with van der Waals surface area (Å²) < 4.78 is 73.8. The molecule has 3 aromatic carbocycles. The number of fused-ring (bicyclic) bond motifs is 1. The molecule has 0 aliphatic heterocycles. The van der Waals surface area contributed by atoms with Gasteiger partial charge in [-0.25, -0.2) is 8.42 Å². The van der Waals surface area contributed by atoms with Crippen LogP contribution in [0.25, 0.3) is 21.9 Å². The number of nitrogens with zero attached hydrogens (tertiary/aromatic N) is 1. The fraction of sp³-hybridized carbons (Fsp3) is 0.115. The summed E-state index contributed by atoms with van der Waals surface area (Å²) >= 11 is 0. The van der Waals surface area contributed by atoms with Crippen LogP contribution in [0.5, 0.6) is 11.5 Å². The minimum atomic E-state index is -4.63. The summed E-state index contributed by atoms with van der Waals surface area (Å²) in [5.74, 6) is 0.811. The van der Waals surface area contributed by atoms with E-state index in [0.29, 0.717) is 22.6 Å². The van der Waals surface area contributed by atoms with Crippen LogP contribution in [0, 0.1) is 6.92 Å². The Kier molecular flexibility index (Phi) is 6.40. The molecule has 1 N–H and O–H groups in total. The van der Waals surface area contributed by atoms with E-state index in [1.54, 1.807) is 24.3 Å². The molecule has 0 spiro atoms. The Morgan fingerprint density at radius 3 is 2.42 bits per heavy atom. The fourth-order valence-corrected chi connectivity index (χ4v) is 4.30. The zero-order chi connectivity index (χ0) is 26.3. The average Bonchev–Trinajstić information content (AvgIpc) is 2.81. The second kappa shape index (κ2) is 9.19. The SMILES string of the molecule is C=CS(=O)(=O)Nc1ccc(Oc2cccc(C)c2)c(-c2cn(C)c(=O)c3cc(C(F)(F)F)ccc23)c1. The maximum absolute atomic E-state index is 13.4. The third-order valence-electron chi connectivity index (χ3n) is 5.48. The van der Waals surface area contributed by atoms with Crippen molar-refractivity contribution >= 4 is 26.5 Å². The first-order valence-electron chi connectivity index (χ1n) is 10.6. The highest BCUT2D eigenvalue weighted by molar-refractivity contribution is 7.95. The Morgan fingerprint density at radius 1 is 1.00 bits per heavy atom. The summed E-state index contributed by atoms with van der Waals surface area (Å²) in [6.07, 6.45) is -3.15. The van der Waals surface area contributed by atoms with Crippen molar-refractivity contribution in [1.29, 1.82) is 0 Å². The Labute approximate surface area is 205 Å². The van der Waals surface area contributed by atoms with E-state index in [-0.39, 0.29) is 16.5 Å². The van der Waals surface area contributed by atoms with E-state index >= 15 is 0 Å². The molecule has 186 valence electrons. The van der Waals surface area contributed by atoms with E-state index in [4.69, 9.17) is 4.74 Å². The molecule has 0 fully saturated rings. The highest BCUT2D eigenvalue weighted by atomic mass is 32.2. The molecule has 1 heterocycles. The van der Waals surface area contributed by atoms with Gasteiger partial charge in [-0.05, 0) is 60.3 Å². The van der Waals surface area contributed by atoms with Crippen molar-refractivity contribution in [3.05, 3.63) is 100 Å². The van der Waals surface area contributed by atoms with Crippen LogP contribution >= 0.6 is 0 Å². The van der Waals surface area contributed by atoms with Gasteiger partial charge in [0.2, 0.25) is 0 Å². The first-order valence-corrected chi connectivity index (χ1v) is 12.2. The standard InChI is InChI=1S/C26H21F3N2O4S/c1-4-36(33,34)30-18-9-11-24(35-19-7-5-6-16(2)12-19)21(14-18)23-15-31(3)25(32)22-13-17(26(27,28)29)8-10-20(22)23/h4-15,30H,1H2,2-3H3. The van der Waals surface area contributed by atoms with Gasteiger partial charge in [-0.1, -0.05) is 24.8 Å². The number of hydrogen-bond acceptors (Lipinski definition) is 4. The highest BCUT2D eigenvalue weighted by Crippen LogP contribution is 2.40. The van der Waals surface area contributed by atoms with Gasteiger partial charge in [0.1, 0.15) is 11.5 Å². The Hall–Kier alpha value is -4.05. The van der Waals surface area contributed by atoms with Crippen LogP contribution in [0.15, 0.2) is 83.6 Å². The zero-order valence-corrected chi connectivity index (χ0v) is 20.1. The first-order chi connectivity index (χ1) is 16.9. The van der Waals surface area contributed by atoms with Crippen molar-refractivity contribution in [2.24, 2.45) is 7.05 Å². The Morgan fingerprint density at radius 2 is 1.75 bits per heavy atom. The molecule has 0 saturated carbocycles. The third-order valence-corrected chi connectivity index (χ3v) is 6.44. The van der Waals surface area contributed by atoms with E-state index in [1.807, 2.05) is 13.0 Å². The highest BCUT2D eigenvalue weighted by Gasteiger charge is 2.31. The number of ether oxygens (including phenoxy) is 1. The van der Waals surface area contributed by atoms with Crippen molar-refractivity contribution in [3.63, 3.8) is 0 Å². The van der Waals surface area contributed by atoms with Crippen molar-refractivity contribution in [3.8, 4) is 22.6 Å². The number of benzene rings is 3. The van der Waals surface area contributed by atoms with Gasteiger partial charge < -0.3 is 9.30 Å². The quantitative estimate of drug-likeness (QED) is 0.332. The maximum atomic E-state index is 13.4. The molecular formula is C26H21F3N2O4S. The number of anilines is 1. The lowest BCUT2D eigenvalue weighted by Crippen LogP contribution is -2.17. The van der Waals surface area contributed by atoms with Crippen LogP contribution in [0.4, 0.5) is 18.9 Å². The van der Waals surface area contributed by atoms with Gasteiger partial charge in [0.05, 0.1) is 5.56 Å². The summed E-state index contributed by atoms with van der Waals surface area (Å²) in [5.41, 5.74) is 0.300. The largest absolute Gasteiger partial charge is 0.457 e. The number of pyridine rings is 1. The summed E-state index contributed by atoms with van der Waals surface area (Å²) in [6, 6.07) is 14.7. The van der Waals surface area contributed by atoms with Gasteiger partial charge in [-0.2, -0.15) is 13.2 Å². The number of rotatable bonds is 6. The minimum Gasteiger partial charge on any atom is -0.457 e. The van der Waals surface area contributed by atoms with Crippen LogP contribution in [0.2, 0.25) is 0 Å². The molecule has 4 rings (SSSR count). The summed E-state index contributed by atoms with van der Waals surface area (Å²) in [4.78, 5) is 12.8. The van der Waals surface area contributed by atoms with E-state index in [1.165, 1.54) is 36.0 Å². The molecular weight excluding hydrogens is 493 g/mol. The predicted molar refractivity (Wildman–Crippen MR) is 134 cm³/mol. The molecule has 10 heteroatoms. The van der Waals surface area contributed by atoms with Crippen molar-refractivity contribution in [1.82, 2.24) is 4.57 Å². The number of nitrogens with one attached hydrogen (secondary N) is 1. The molecule has 0 bridgehead atoms. The van der Waals surface area contributed by atoms with Gasteiger partial charge in [0.25, 0.3) is 15.6 Å². The van der Waals surface area contributed by atoms with Crippen LogP contribution in [0.1, 0.15) is 11.1 Å². The molecule has 0 radical (unpaired) electrons. The molecule has 0 unspecified atom stereocenters.